The first-order valence-corrected chi connectivity index (χ1v) is 13.4. The fourth-order valence-electron chi connectivity index (χ4n) is 4.74. The fourth-order valence-corrected chi connectivity index (χ4v) is 4.98. The van der Waals surface area contributed by atoms with E-state index in [4.69, 9.17) is 26.8 Å². The van der Waals surface area contributed by atoms with Crippen LogP contribution in [0, 0.1) is 11.2 Å². The van der Waals surface area contributed by atoms with Crippen LogP contribution in [0.2, 0.25) is 5.15 Å². The molecule has 0 spiro atoms. The van der Waals surface area contributed by atoms with Crippen LogP contribution >= 0.6 is 11.6 Å². The van der Waals surface area contributed by atoms with Crippen molar-refractivity contribution in [2.45, 2.75) is 46.5 Å². The molecular formula is C30H35ClFN3O3. The number of carbonyl (C=O) groups excluding carboxylic acids is 1. The van der Waals surface area contributed by atoms with Gasteiger partial charge in [0.05, 0.1) is 25.3 Å². The Morgan fingerprint density at radius 1 is 1.11 bits per heavy atom. The molecule has 3 aromatic rings. The number of rotatable bonds is 9. The number of nitrogens with two attached hydrogens (primary N) is 1. The van der Waals surface area contributed by atoms with E-state index in [0.29, 0.717) is 36.8 Å². The summed E-state index contributed by atoms with van der Waals surface area (Å²) in [5.74, 6) is 0.423. The summed E-state index contributed by atoms with van der Waals surface area (Å²) in [6.07, 6.45) is 2.70. The summed E-state index contributed by atoms with van der Waals surface area (Å²) in [6.45, 7) is 8.72. The van der Waals surface area contributed by atoms with Crippen LogP contribution in [0.5, 0.6) is 5.75 Å². The lowest BCUT2D eigenvalue weighted by molar-refractivity contribution is -0.142. The molecule has 0 amide bonds. The first kappa shape index (κ1) is 27.7. The lowest BCUT2D eigenvalue weighted by Gasteiger charge is -2.40. The van der Waals surface area contributed by atoms with Crippen LogP contribution in [0.15, 0.2) is 48.5 Å². The number of esters is 1. The number of pyridine rings is 1. The molecule has 0 aliphatic carbocycles. The lowest BCUT2D eigenvalue weighted by Crippen LogP contribution is -2.38. The highest BCUT2D eigenvalue weighted by molar-refractivity contribution is 6.31. The highest BCUT2D eigenvalue weighted by Crippen LogP contribution is 2.44. The molecule has 1 aromatic heterocycles. The predicted molar refractivity (Wildman–Crippen MR) is 150 cm³/mol. The van der Waals surface area contributed by atoms with Crippen LogP contribution in [-0.2, 0) is 22.4 Å². The second-order valence-electron chi connectivity index (χ2n) is 10.4. The molecule has 2 heterocycles. The molecule has 0 radical (unpaired) electrons. The number of piperidine rings is 1. The molecule has 0 bridgehead atoms. The number of benzene rings is 2. The van der Waals surface area contributed by atoms with Gasteiger partial charge in [-0.05, 0) is 60.6 Å². The summed E-state index contributed by atoms with van der Waals surface area (Å²) in [7, 11) is 0. The zero-order valence-electron chi connectivity index (χ0n) is 22.2. The van der Waals surface area contributed by atoms with Crippen LogP contribution < -0.4 is 15.4 Å². The number of ether oxygens (including phenoxy) is 2. The van der Waals surface area contributed by atoms with Crippen molar-refractivity contribution in [2.75, 3.05) is 36.9 Å². The Bertz CT molecular complexity index is 1250. The van der Waals surface area contributed by atoms with Gasteiger partial charge in [0.15, 0.2) is 0 Å². The van der Waals surface area contributed by atoms with Crippen LogP contribution in [0.25, 0.3) is 11.1 Å². The van der Waals surface area contributed by atoms with Crippen molar-refractivity contribution in [3.05, 3.63) is 70.6 Å². The Balaban J connectivity index is 1.62. The largest absolute Gasteiger partial charge is 0.493 e. The molecule has 8 heteroatoms. The van der Waals surface area contributed by atoms with Gasteiger partial charge in [0.1, 0.15) is 22.5 Å². The van der Waals surface area contributed by atoms with E-state index in [1.54, 1.807) is 19.1 Å². The molecule has 202 valence electrons. The Morgan fingerprint density at radius 2 is 1.76 bits per heavy atom. The minimum absolute atomic E-state index is 0.0206. The minimum Gasteiger partial charge on any atom is -0.493 e. The SMILES string of the molecule is CCOC(=O)Cc1c(Cl)nc(N)c(-c2ccc(OCCc3ccc(F)cc3)cc2)c1N1CCC(C)(C)CC1. The number of halogens is 2. The minimum atomic E-state index is -0.351. The zero-order chi connectivity index (χ0) is 27.3. The molecular weight excluding hydrogens is 505 g/mol. The normalized spacial score (nSPS) is 14.8. The number of carbonyl (C=O) groups is 1. The van der Waals surface area contributed by atoms with E-state index < -0.39 is 0 Å². The maximum absolute atomic E-state index is 13.1. The van der Waals surface area contributed by atoms with Gasteiger partial charge >= 0.3 is 5.97 Å². The molecule has 1 saturated heterocycles. The Hall–Kier alpha value is -3.32. The fraction of sp³-hybridized carbons (Fsp3) is 0.400. The Labute approximate surface area is 228 Å². The standard InChI is InChI=1S/C30H35ClFN3O3/c1-4-37-25(36)19-24-27(35-16-14-30(2,3)15-17-35)26(29(33)34-28(24)31)21-7-11-23(12-8-21)38-18-13-20-5-9-22(32)10-6-20/h5-12H,4,13-19H2,1-3H3,(H2,33,34). The van der Waals surface area contributed by atoms with Gasteiger partial charge in [-0.3, -0.25) is 4.79 Å². The second-order valence-corrected chi connectivity index (χ2v) is 10.7. The molecule has 0 atom stereocenters. The van der Waals surface area contributed by atoms with Gasteiger partial charge in [-0.1, -0.05) is 49.7 Å². The third kappa shape index (κ3) is 6.76. The van der Waals surface area contributed by atoms with E-state index in [-0.39, 0.29) is 28.8 Å². The molecule has 4 rings (SSSR count). The van der Waals surface area contributed by atoms with E-state index in [2.05, 4.69) is 23.7 Å². The lowest BCUT2D eigenvalue weighted by atomic mass is 9.82. The average molecular weight is 540 g/mol. The Morgan fingerprint density at radius 3 is 2.39 bits per heavy atom. The summed E-state index contributed by atoms with van der Waals surface area (Å²) in [6, 6.07) is 14.1. The van der Waals surface area contributed by atoms with Gasteiger partial charge < -0.3 is 20.1 Å². The van der Waals surface area contributed by atoms with Gasteiger partial charge in [0, 0.05) is 30.6 Å². The maximum atomic E-state index is 13.1. The molecule has 6 nitrogen and oxygen atoms in total. The van der Waals surface area contributed by atoms with Crippen LogP contribution in [-0.4, -0.2) is 37.3 Å². The summed E-state index contributed by atoms with van der Waals surface area (Å²) < 4.78 is 24.3. The second kappa shape index (κ2) is 12.0. The number of nitrogen functional groups attached to an aromatic ring is 1. The molecule has 1 aliphatic heterocycles. The molecule has 2 aromatic carbocycles. The maximum Gasteiger partial charge on any atom is 0.310 e. The van der Waals surface area contributed by atoms with Gasteiger partial charge in [0.2, 0.25) is 0 Å². The topological polar surface area (TPSA) is 77.7 Å². The van der Waals surface area contributed by atoms with Crippen molar-refractivity contribution in [3.63, 3.8) is 0 Å². The number of hydrogen-bond acceptors (Lipinski definition) is 6. The van der Waals surface area contributed by atoms with Crippen molar-refractivity contribution in [1.82, 2.24) is 4.98 Å². The molecule has 2 N–H and O–H groups in total. The zero-order valence-corrected chi connectivity index (χ0v) is 23.0. The van der Waals surface area contributed by atoms with Crippen molar-refractivity contribution >= 4 is 29.1 Å². The van der Waals surface area contributed by atoms with Crippen molar-refractivity contribution < 1.29 is 18.7 Å². The van der Waals surface area contributed by atoms with Crippen LogP contribution in [0.4, 0.5) is 15.9 Å². The third-order valence-corrected chi connectivity index (χ3v) is 7.33. The highest BCUT2D eigenvalue weighted by Gasteiger charge is 2.31. The highest BCUT2D eigenvalue weighted by atomic mass is 35.5. The monoisotopic (exact) mass is 539 g/mol. The molecule has 0 saturated carbocycles. The van der Waals surface area contributed by atoms with Crippen LogP contribution in [0.1, 0.15) is 44.7 Å². The first-order chi connectivity index (χ1) is 18.2. The van der Waals surface area contributed by atoms with E-state index in [1.165, 1.54) is 12.1 Å². The van der Waals surface area contributed by atoms with Crippen molar-refractivity contribution in [2.24, 2.45) is 5.41 Å². The number of hydrogen-bond donors (Lipinski definition) is 1. The molecule has 0 unspecified atom stereocenters. The van der Waals surface area contributed by atoms with Crippen molar-refractivity contribution in [1.29, 1.82) is 0 Å². The molecule has 1 aliphatic rings. The van der Waals surface area contributed by atoms with E-state index in [1.807, 2.05) is 24.3 Å². The van der Waals surface area contributed by atoms with Gasteiger partial charge in [0.25, 0.3) is 0 Å². The van der Waals surface area contributed by atoms with Crippen molar-refractivity contribution in [3.8, 4) is 16.9 Å². The molecule has 1 fully saturated rings. The smallest absolute Gasteiger partial charge is 0.310 e. The summed E-state index contributed by atoms with van der Waals surface area (Å²) in [4.78, 5) is 19.2. The van der Waals surface area contributed by atoms with Crippen LogP contribution in [0.3, 0.4) is 0 Å². The predicted octanol–water partition coefficient (Wildman–Crippen LogP) is 6.48. The summed E-state index contributed by atoms with van der Waals surface area (Å²) in [5, 5.41) is 0.222. The van der Waals surface area contributed by atoms with Gasteiger partial charge in [-0.25, -0.2) is 9.37 Å². The average Bonchev–Trinajstić information content (AvgIpc) is 2.88. The number of aromatic nitrogens is 1. The first-order valence-electron chi connectivity index (χ1n) is 13.0. The number of anilines is 2. The summed E-state index contributed by atoms with van der Waals surface area (Å²) >= 11 is 6.59. The molecule has 38 heavy (non-hydrogen) atoms. The van der Waals surface area contributed by atoms with E-state index in [9.17, 15) is 9.18 Å². The van der Waals surface area contributed by atoms with E-state index >= 15 is 0 Å². The van der Waals surface area contributed by atoms with Gasteiger partial charge in [-0.15, -0.1) is 0 Å². The number of nitrogens with zero attached hydrogens (tertiary/aromatic N) is 2. The quantitative estimate of drug-likeness (QED) is 0.248. The van der Waals surface area contributed by atoms with Gasteiger partial charge in [-0.2, -0.15) is 0 Å². The van der Waals surface area contributed by atoms with E-state index in [0.717, 1.165) is 48.3 Å². The Kier molecular flexibility index (Phi) is 8.77. The summed E-state index contributed by atoms with van der Waals surface area (Å²) in [5.41, 5.74) is 10.8. The third-order valence-electron chi connectivity index (χ3n) is 7.02.